The van der Waals surface area contributed by atoms with Gasteiger partial charge in [-0.05, 0) is 18.2 Å². The van der Waals surface area contributed by atoms with E-state index in [2.05, 4.69) is 14.9 Å². The lowest BCUT2D eigenvalue weighted by atomic mass is 10.3. The molecule has 0 unspecified atom stereocenters. The predicted octanol–water partition coefficient (Wildman–Crippen LogP) is 0.723. The second-order valence-corrected chi connectivity index (χ2v) is 4.74. The monoisotopic (exact) mass is 302 g/mol. The molecule has 3 rings (SSSR count). The Kier molecular flexibility index (Phi) is 5.26. The number of carbonyl (C=O) groups excluding carboxylic acids is 1. The van der Waals surface area contributed by atoms with Crippen LogP contribution in [0.25, 0.3) is 0 Å². The molecule has 7 heteroatoms. The molecule has 2 heterocycles. The molecule has 2 N–H and O–H groups in total. The zero-order valence-electron chi connectivity index (χ0n) is 12.1. The summed E-state index contributed by atoms with van der Waals surface area (Å²) in [4.78, 5) is 23.2. The molecule has 0 saturated carbocycles. The van der Waals surface area contributed by atoms with Gasteiger partial charge in [0.1, 0.15) is 11.6 Å². The van der Waals surface area contributed by atoms with Crippen LogP contribution in [0, 0.1) is 0 Å². The molecule has 0 bridgehead atoms. The van der Waals surface area contributed by atoms with E-state index in [4.69, 9.17) is 4.74 Å². The summed E-state index contributed by atoms with van der Waals surface area (Å²) in [6.07, 6.45) is 2.58. The molecular formula is C15H18N4O3. The van der Waals surface area contributed by atoms with Crippen molar-refractivity contribution in [2.75, 3.05) is 31.1 Å². The minimum Gasteiger partial charge on any atom is -0.424 e. The van der Waals surface area contributed by atoms with Gasteiger partial charge in [0, 0.05) is 32.4 Å². The maximum atomic E-state index is 10.7. The standard InChI is InChI=1S/C15H16N4O2.H2O/c20-12-18-8-10-19(11-9-18)14-6-7-16-15(17-14)21-13-4-2-1-3-5-13;/h1-7,12H,8-11H2;1H2. The highest BCUT2D eigenvalue weighted by atomic mass is 16.5. The van der Waals surface area contributed by atoms with E-state index in [0.29, 0.717) is 24.8 Å². The number of para-hydroxylation sites is 1. The smallest absolute Gasteiger partial charge is 0.323 e. The molecule has 0 atom stereocenters. The lowest BCUT2D eigenvalue weighted by Gasteiger charge is -2.33. The number of aromatic nitrogens is 2. The van der Waals surface area contributed by atoms with E-state index < -0.39 is 0 Å². The van der Waals surface area contributed by atoms with Crippen molar-refractivity contribution >= 4 is 12.2 Å². The SMILES string of the molecule is O.O=CN1CCN(c2ccnc(Oc3ccccc3)n2)CC1. The van der Waals surface area contributed by atoms with Crippen LogP contribution in [-0.4, -0.2) is 52.9 Å². The number of carbonyl (C=O) groups is 1. The maximum Gasteiger partial charge on any atom is 0.323 e. The highest BCUT2D eigenvalue weighted by Gasteiger charge is 2.17. The largest absolute Gasteiger partial charge is 0.424 e. The van der Waals surface area contributed by atoms with Crippen molar-refractivity contribution in [1.29, 1.82) is 0 Å². The topological polar surface area (TPSA) is 90.1 Å². The molecule has 1 saturated heterocycles. The first kappa shape index (κ1) is 15.7. The normalized spacial score (nSPS) is 14.2. The third-order valence-corrected chi connectivity index (χ3v) is 3.36. The van der Waals surface area contributed by atoms with Gasteiger partial charge in [-0.3, -0.25) is 4.79 Å². The first-order valence-corrected chi connectivity index (χ1v) is 6.85. The van der Waals surface area contributed by atoms with Crippen molar-refractivity contribution < 1.29 is 15.0 Å². The molecule has 0 radical (unpaired) electrons. The Morgan fingerprint density at radius 2 is 1.77 bits per heavy atom. The summed E-state index contributed by atoms with van der Waals surface area (Å²) >= 11 is 0. The highest BCUT2D eigenvalue weighted by molar-refractivity contribution is 5.49. The summed E-state index contributed by atoms with van der Waals surface area (Å²) in [5.41, 5.74) is 0. The average molecular weight is 302 g/mol. The van der Waals surface area contributed by atoms with Gasteiger partial charge in [-0.1, -0.05) is 18.2 Å². The molecule has 116 valence electrons. The molecule has 1 aliphatic rings. The van der Waals surface area contributed by atoms with E-state index in [9.17, 15) is 4.79 Å². The molecule has 1 amide bonds. The van der Waals surface area contributed by atoms with Gasteiger partial charge in [-0.2, -0.15) is 4.98 Å². The van der Waals surface area contributed by atoms with Crippen LogP contribution in [0.5, 0.6) is 11.8 Å². The van der Waals surface area contributed by atoms with E-state index in [1.165, 1.54) is 0 Å². The van der Waals surface area contributed by atoms with Gasteiger partial charge >= 0.3 is 6.01 Å². The van der Waals surface area contributed by atoms with Gasteiger partial charge in [0.25, 0.3) is 0 Å². The van der Waals surface area contributed by atoms with Crippen LogP contribution in [0.1, 0.15) is 0 Å². The third kappa shape index (κ3) is 3.70. The predicted molar refractivity (Wildman–Crippen MR) is 82.0 cm³/mol. The maximum absolute atomic E-state index is 10.7. The number of piperazine rings is 1. The van der Waals surface area contributed by atoms with Crippen LogP contribution in [0.3, 0.4) is 0 Å². The van der Waals surface area contributed by atoms with Gasteiger partial charge in [-0.15, -0.1) is 0 Å². The Hall–Kier alpha value is -2.67. The van der Waals surface area contributed by atoms with Crippen LogP contribution >= 0.6 is 0 Å². The number of ether oxygens (including phenoxy) is 1. The van der Waals surface area contributed by atoms with E-state index >= 15 is 0 Å². The Bertz CT molecular complexity index is 601. The second kappa shape index (κ2) is 7.37. The van der Waals surface area contributed by atoms with Gasteiger partial charge in [0.05, 0.1) is 0 Å². The number of hydrogen-bond acceptors (Lipinski definition) is 5. The van der Waals surface area contributed by atoms with E-state index in [1.807, 2.05) is 36.4 Å². The summed E-state index contributed by atoms with van der Waals surface area (Å²) in [6, 6.07) is 11.6. The van der Waals surface area contributed by atoms with Crippen LogP contribution in [0.2, 0.25) is 0 Å². The number of amides is 1. The molecule has 1 aromatic carbocycles. The molecule has 22 heavy (non-hydrogen) atoms. The first-order chi connectivity index (χ1) is 10.3. The zero-order chi connectivity index (χ0) is 14.5. The number of benzene rings is 1. The molecule has 1 aliphatic heterocycles. The number of nitrogens with zero attached hydrogens (tertiary/aromatic N) is 4. The fourth-order valence-electron chi connectivity index (χ4n) is 2.21. The Morgan fingerprint density at radius 1 is 1.05 bits per heavy atom. The molecular weight excluding hydrogens is 284 g/mol. The first-order valence-electron chi connectivity index (χ1n) is 6.85. The van der Waals surface area contributed by atoms with Crippen molar-refractivity contribution in [2.45, 2.75) is 0 Å². The van der Waals surface area contributed by atoms with Crippen molar-refractivity contribution in [3.05, 3.63) is 42.6 Å². The Morgan fingerprint density at radius 3 is 2.45 bits per heavy atom. The summed E-state index contributed by atoms with van der Waals surface area (Å²) in [6.45, 7) is 2.95. The molecule has 1 fully saturated rings. The van der Waals surface area contributed by atoms with Gasteiger partial charge < -0.3 is 20.0 Å². The van der Waals surface area contributed by atoms with Gasteiger partial charge in [0.2, 0.25) is 6.41 Å². The van der Waals surface area contributed by atoms with Crippen molar-refractivity contribution in [1.82, 2.24) is 14.9 Å². The average Bonchev–Trinajstić information content (AvgIpc) is 2.56. The lowest BCUT2D eigenvalue weighted by molar-refractivity contribution is -0.118. The molecule has 1 aromatic heterocycles. The summed E-state index contributed by atoms with van der Waals surface area (Å²) in [5.74, 6) is 1.53. The summed E-state index contributed by atoms with van der Waals surface area (Å²) in [7, 11) is 0. The summed E-state index contributed by atoms with van der Waals surface area (Å²) in [5, 5.41) is 0. The van der Waals surface area contributed by atoms with Gasteiger partial charge in [0.15, 0.2) is 0 Å². The number of hydrogen-bond donors (Lipinski definition) is 0. The molecule has 0 spiro atoms. The third-order valence-electron chi connectivity index (χ3n) is 3.36. The van der Waals surface area contributed by atoms with Gasteiger partial charge in [-0.25, -0.2) is 4.98 Å². The molecule has 0 aliphatic carbocycles. The Labute approximate surface area is 128 Å². The van der Waals surface area contributed by atoms with E-state index in [0.717, 1.165) is 25.3 Å². The number of rotatable bonds is 4. The molecule has 7 nitrogen and oxygen atoms in total. The van der Waals surface area contributed by atoms with Crippen molar-refractivity contribution in [3.8, 4) is 11.8 Å². The number of anilines is 1. The van der Waals surface area contributed by atoms with E-state index in [1.54, 1.807) is 11.1 Å². The quantitative estimate of drug-likeness (QED) is 0.776. The minimum absolute atomic E-state index is 0. The van der Waals surface area contributed by atoms with Crippen LogP contribution in [0.15, 0.2) is 42.6 Å². The van der Waals surface area contributed by atoms with Crippen LogP contribution in [0.4, 0.5) is 5.82 Å². The van der Waals surface area contributed by atoms with E-state index in [-0.39, 0.29) is 5.48 Å². The fourth-order valence-corrected chi connectivity index (χ4v) is 2.21. The minimum atomic E-state index is 0. The Balaban J connectivity index is 0.00000176. The summed E-state index contributed by atoms with van der Waals surface area (Å²) < 4.78 is 5.64. The second-order valence-electron chi connectivity index (χ2n) is 4.74. The van der Waals surface area contributed by atoms with Crippen LogP contribution < -0.4 is 9.64 Å². The van der Waals surface area contributed by atoms with Crippen molar-refractivity contribution in [2.24, 2.45) is 0 Å². The van der Waals surface area contributed by atoms with Crippen LogP contribution in [-0.2, 0) is 4.79 Å². The fraction of sp³-hybridized carbons (Fsp3) is 0.267. The lowest BCUT2D eigenvalue weighted by Crippen LogP contribution is -2.46. The zero-order valence-corrected chi connectivity index (χ0v) is 12.1. The molecule has 2 aromatic rings. The van der Waals surface area contributed by atoms with Crippen molar-refractivity contribution in [3.63, 3.8) is 0 Å². The highest BCUT2D eigenvalue weighted by Crippen LogP contribution is 2.20.